The number of carbonyl (C=O) groups is 3. The Hall–Kier alpha value is -2.48. The van der Waals surface area contributed by atoms with Crippen LogP contribution in [0.25, 0.3) is 0 Å². The van der Waals surface area contributed by atoms with Gasteiger partial charge in [0.15, 0.2) is 13.1 Å². The van der Waals surface area contributed by atoms with Crippen molar-refractivity contribution in [2.24, 2.45) is 0 Å². The normalized spacial score (nSPS) is 11.4. The quantitative estimate of drug-likeness (QED) is 0.664. The second-order valence-electron chi connectivity index (χ2n) is 4.63. The van der Waals surface area contributed by atoms with Crippen molar-refractivity contribution in [1.82, 2.24) is 5.32 Å². The van der Waals surface area contributed by atoms with Gasteiger partial charge in [-0.15, -0.1) is 0 Å². The summed E-state index contributed by atoms with van der Waals surface area (Å²) in [6.07, 6.45) is -0.809. The molecule has 0 bridgehead atoms. The lowest BCUT2D eigenvalue weighted by Crippen LogP contribution is -3.11. The van der Waals surface area contributed by atoms with Gasteiger partial charge < -0.3 is 15.0 Å². The summed E-state index contributed by atoms with van der Waals surface area (Å²) in [7, 11) is 1.63. The van der Waals surface area contributed by atoms with Crippen LogP contribution >= 0.6 is 0 Å². The first kappa shape index (κ1) is 17.6. The van der Waals surface area contributed by atoms with Crippen LogP contribution in [0, 0.1) is 5.82 Å². The molecule has 1 unspecified atom stereocenters. The summed E-state index contributed by atoms with van der Waals surface area (Å²) in [5, 5.41) is 4.63. The van der Waals surface area contributed by atoms with Crippen molar-refractivity contribution in [2.45, 2.75) is 6.92 Å². The van der Waals surface area contributed by atoms with E-state index >= 15 is 0 Å². The molecule has 1 aromatic carbocycles. The van der Waals surface area contributed by atoms with Gasteiger partial charge in [0.2, 0.25) is 0 Å². The molecule has 1 aromatic rings. The summed E-state index contributed by atoms with van der Waals surface area (Å²) >= 11 is 0. The molecule has 0 spiro atoms. The maximum atomic E-state index is 12.7. The number of quaternary nitrogens is 1. The fourth-order valence-corrected chi connectivity index (χ4v) is 1.67. The molecule has 0 aromatic heterocycles. The minimum Gasteiger partial charge on any atom is -0.450 e. The topological polar surface area (TPSA) is 88.9 Å². The monoisotopic (exact) mass is 312 g/mol. The number of likely N-dealkylation sites (N-methyl/N-ethyl adjacent to an activating group) is 1. The number of alkyl carbamates (subject to hydrolysis) is 1. The van der Waals surface area contributed by atoms with Crippen molar-refractivity contribution in [2.75, 3.05) is 32.1 Å². The third-order valence-electron chi connectivity index (χ3n) is 2.57. The molecule has 0 radical (unpaired) electrons. The summed E-state index contributed by atoms with van der Waals surface area (Å²) in [4.78, 5) is 34.9. The van der Waals surface area contributed by atoms with Crippen LogP contribution in [0.4, 0.5) is 14.9 Å². The van der Waals surface area contributed by atoms with Gasteiger partial charge in [0.1, 0.15) is 5.82 Å². The maximum Gasteiger partial charge on any atom is 0.414 e. The van der Waals surface area contributed by atoms with Crippen molar-refractivity contribution in [3.8, 4) is 0 Å². The molecule has 0 heterocycles. The van der Waals surface area contributed by atoms with E-state index in [0.29, 0.717) is 10.6 Å². The molecule has 22 heavy (non-hydrogen) atoms. The minimum atomic E-state index is -0.809. The van der Waals surface area contributed by atoms with Gasteiger partial charge in [-0.2, -0.15) is 0 Å². The zero-order chi connectivity index (χ0) is 16.5. The van der Waals surface area contributed by atoms with Crippen molar-refractivity contribution >= 4 is 23.6 Å². The van der Waals surface area contributed by atoms with Crippen LogP contribution in [0.3, 0.4) is 0 Å². The Kier molecular flexibility index (Phi) is 6.97. The molecule has 0 fully saturated rings. The number of halogens is 1. The average molecular weight is 312 g/mol. The standard InChI is InChI=1S/C14H18FN3O4/c1-3-22-14(21)17-13(20)9-18(2)8-12(19)16-11-6-4-10(15)5-7-11/h4-7H,3,8-9H2,1-2H3,(H,16,19)(H,17,20,21)/p+1. The highest BCUT2D eigenvalue weighted by Gasteiger charge is 2.16. The van der Waals surface area contributed by atoms with E-state index in [-0.39, 0.29) is 25.6 Å². The van der Waals surface area contributed by atoms with Crippen LogP contribution in [0.1, 0.15) is 6.92 Å². The first-order chi connectivity index (χ1) is 10.4. The molecule has 8 heteroatoms. The SMILES string of the molecule is CCOC(=O)NC(=O)C[NH+](C)CC(=O)Nc1ccc(F)cc1. The molecular formula is C14H19FN3O4+. The Morgan fingerprint density at radius 1 is 1.14 bits per heavy atom. The smallest absolute Gasteiger partial charge is 0.414 e. The molecule has 1 atom stereocenters. The van der Waals surface area contributed by atoms with Gasteiger partial charge in [-0.25, -0.2) is 9.18 Å². The van der Waals surface area contributed by atoms with E-state index in [9.17, 15) is 18.8 Å². The third-order valence-corrected chi connectivity index (χ3v) is 2.57. The highest BCUT2D eigenvalue weighted by molar-refractivity contribution is 5.93. The van der Waals surface area contributed by atoms with E-state index in [0.717, 1.165) is 0 Å². The molecule has 7 nitrogen and oxygen atoms in total. The van der Waals surface area contributed by atoms with E-state index in [2.05, 4.69) is 10.1 Å². The van der Waals surface area contributed by atoms with Crippen molar-refractivity contribution in [1.29, 1.82) is 0 Å². The largest absolute Gasteiger partial charge is 0.450 e. The fourth-order valence-electron chi connectivity index (χ4n) is 1.67. The van der Waals surface area contributed by atoms with Crippen LogP contribution in [0.2, 0.25) is 0 Å². The summed E-state index contributed by atoms with van der Waals surface area (Å²) in [5.41, 5.74) is 0.468. The zero-order valence-electron chi connectivity index (χ0n) is 12.4. The molecule has 0 aliphatic rings. The zero-order valence-corrected chi connectivity index (χ0v) is 12.4. The number of carbonyl (C=O) groups excluding carboxylic acids is 3. The summed E-state index contributed by atoms with van der Waals surface area (Å²) in [5.74, 6) is -1.25. The number of ether oxygens (including phenoxy) is 1. The molecule has 0 saturated heterocycles. The van der Waals surface area contributed by atoms with Crippen LogP contribution in [0.15, 0.2) is 24.3 Å². The van der Waals surface area contributed by atoms with Gasteiger partial charge in [-0.3, -0.25) is 14.9 Å². The molecule has 0 saturated carbocycles. The number of anilines is 1. The van der Waals surface area contributed by atoms with Crippen molar-refractivity contribution in [3.05, 3.63) is 30.1 Å². The van der Waals surface area contributed by atoms with E-state index in [4.69, 9.17) is 0 Å². The Labute approximate surface area is 127 Å². The van der Waals surface area contributed by atoms with Gasteiger partial charge >= 0.3 is 6.09 Å². The predicted molar refractivity (Wildman–Crippen MR) is 76.8 cm³/mol. The Morgan fingerprint density at radius 2 is 1.73 bits per heavy atom. The Morgan fingerprint density at radius 3 is 2.32 bits per heavy atom. The van der Waals surface area contributed by atoms with E-state index in [1.165, 1.54) is 24.3 Å². The van der Waals surface area contributed by atoms with Gasteiger partial charge in [0, 0.05) is 5.69 Å². The van der Waals surface area contributed by atoms with Crippen molar-refractivity contribution in [3.63, 3.8) is 0 Å². The van der Waals surface area contributed by atoms with Gasteiger partial charge in [-0.1, -0.05) is 0 Å². The maximum absolute atomic E-state index is 12.7. The van der Waals surface area contributed by atoms with Crippen LogP contribution in [-0.2, 0) is 14.3 Å². The number of amides is 3. The summed E-state index contributed by atoms with van der Waals surface area (Å²) < 4.78 is 17.3. The fraction of sp³-hybridized carbons (Fsp3) is 0.357. The van der Waals surface area contributed by atoms with E-state index in [1.54, 1.807) is 14.0 Å². The lowest BCUT2D eigenvalue weighted by molar-refractivity contribution is -0.862. The predicted octanol–water partition coefficient (Wildman–Crippen LogP) is -0.448. The number of benzene rings is 1. The first-order valence-electron chi connectivity index (χ1n) is 6.74. The lowest BCUT2D eigenvalue weighted by atomic mass is 10.3. The molecule has 0 aliphatic carbocycles. The lowest BCUT2D eigenvalue weighted by Gasteiger charge is -2.13. The van der Waals surface area contributed by atoms with Crippen LogP contribution in [-0.4, -0.2) is 44.7 Å². The second kappa shape index (κ2) is 8.73. The van der Waals surface area contributed by atoms with E-state index < -0.39 is 17.8 Å². The molecule has 3 amide bonds. The third kappa shape index (κ3) is 6.80. The molecule has 3 N–H and O–H groups in total. The summed E-state index contributed by atoms with van der Waals surface area (Å²) in [6.45, 7) is 1.76. The molecular weight excluding hydrogens is 293 g/mol. The number of rotatable bonds is 6. The van der Waals surface area contributed by atoms with Crippen LogP contribution < -0.4 is 15.5 Å². The highest BCUT2D eigenvalue weighted by atomic mass is 19.1. The Balaban J connectivity index is 2.36. The van der Waals surface area contributed by atoms with Gasteiger partial charge in [0.25, 0.3) is 11.8 Å². The highest BCUT2D eigenvalue weighted by Crippen LogP contribution is 2.07. The molecule has 0 aliphatic heterocycles. The first-order valence-corrected chi connectivity index (χ1v) is 6.74. The van der Waals surface area contributed by atoms with Gasteiger partial charge in [0.05, 0.1) is 13.7 Å². The Bertz CT molecular complexity index is 533. The minimum absolute atomic E-state index is 0.0215. The molecule has 120 valence electrons. The average Bonchev–Trinajstić information content (AvgIpc) is 2.40. The number of hydrogen-bond donors (Lipinski definition) is 3. The van der Waals surface area contributed by atoms with Crippen LogP contribution in [0.5, 0.6) is 0 Å². The number of imide groups is 1. The second-order valence-corrected chi connectivity index (χ2v) is 4.63. The summed E-state index contributed by atoms with van der Waals surface area (Å²) in [6, 6.07) is 5.35. The number of nitrogens with one attached hydrogen (secondary N) is 3. The van der Waals surface area contributed by atoms with Gasteiger partial charge in [-0.05, 0) is 31.2 Å². The van der Waals surface area contributed by atoms with E-state index in [1.807, 2.05) is 5.32 Å². The van der Waals surface area contributed by atoms with Crippen molar-refractivity contribution < 1.29 is 28.4 Å². The number of hydrogen-bond acceptors (Lipinski definition) is 4. The molecule has 1 rings (SSSR count).